The Morgan fingerprint density at radius 1 is 1.11 bits per heavy atom. The van der Waals surface area contributed by atoms with Crippen LogP contribution < -0.4 is 0 Å². The average Bonchev–Trinajstić information content (AvgIpc) is 1.19. The van der Waals surface area contributed by atoms with E-state index in [1.165, 1.54) is 0 Å². The van der Waals surface area contributed by atoms with Crippen LogP contribution in [0.25, 0.3) is 0 Å². The van der Waals surface area contributed by atoms with Gasteiger partial charge in [0.05, 0.1) is 0 Å². The van der Waals surface area contributed by atoms with Crippen LogP contribution >= 0.6 is 7.82 Å². The molecule has 0 fully saturated rings. The molecule has 9 heavy (non-hydrogen) atoms. The van der Waals surface area contributed by atoms with Crippen LogP contribution in [0.1, 0.15) is 0 Å². The van der Waals surface area contributed by atoms with E-state index in [1.807, 2.05) is 0 Å². The molecule has 0 aromatic heterocycles. The summed E-state index contributed by atoms with van der Waals surface area (Å²) < 4.78 is 33.5. The molecule has 0 aromatic rings. The van der Waals surface area contributed by atoms with Crippen LogP contribution in [0.2, 0.25) is 0 Å². The molecule has 0 spiro atoms. The number of phosphoric acid groups is 1. The molecule has 0 unspecified atom stereocenters. The molecule has 57 valence electrons. The fourth-order valence-corrected chi connectivity index (χ4v) is 0. The van der Waals surface area contributed by atoms with Crippen molar-refractivity contribution in [1.29, 1.82) is 0 Å². The van der Waals surface area contributed by atoms with E-state index in [1.54, 1.807) is 0 Å². The summed E-state index contributed by atoms with van der Waals surface area (Å²) in [5.41, 5.74) is 0. The van der Waals surface area contributed by atoms with Gasteiger partial charge in [-0.05, 0) is 0 Å². The van der Waals surface area contributed by atoms with Crippen molar-refractivity contribution in [3.8, 4) is 0 Å². The maximum absolute atomic E-state index is 8.88. The molecule has 0 aliphatic heterocycles. The van der Waals surface area contributed by atoms with Crippen LogP contribution in [0, 0.1) is 0 Å². The zero-order valence-corrected chi connectivity index (χ0v) is 7.70. The first-order valence-electron chi connectivity index (χ1n) is 1.30. The fraction of sp³-hybridized carbons (Fsp3) is 0. The van der Waals surface area contributed by atoms with Gasteiger partial charge in [-0.3, -0.25) is 0 Å². The Balaban J connectivity index is 0. The Bertz CT molecular complexity index is 143. The van der Waals surface area contributed by atoms with Crippen molar-refractivity contribution in [1.82, 2.24) is 0 Å². The molecule has 0 aliphatic rings. The summed E-state index contributed by atoms with van der Waals surface area (Å²) in [6.45, 7) is 0. The van der Waals surface area contributed by atoms with Crippen LogP contribution in [0.4, 0.5) is 0 Å². The van der Waals surface area contributed by atoms with Crippen LogP contribution in [0.5, 0.6) is 0 Å². The van der Waals surface area contributed by atoms with Crippen molar-refractivity contribution in [3.05, 3.63) is 0 Å². The van der Waals surface area contributed by atoms with Crippen molar-refractivity contribution in [3.63, 3.8) is 0 Å². The topological polar surface area (TPSA) is 132 Å². The second kappa shape index (κ2) is 5.17. The van der Waals surface area contributed by atoms with E-state index in [2.05, 4.69) is 0 Å². The van der Waals surface area contributed by atoms with Gasteiger partial charge in [-0.15, -0.1) is 0 Å². The van der Waals surface area contributed by atoms with Crippen molar-refractivity contribution >= 4 is 7.82 Å². The monoisotopic (exact) mass is 331 g/mol. The van der Waals surface area contributed by atoms with E-state index >= 15 is 0 Å². The molecule has 0 radical (unpaired) electrons. The summed E-state index contributed by atoms with van der Waals surface area (Å²) in [6, 6.07) is 0. The van der Waals surface area contributed by atoms with Crippen molar-refractivity contribution in [2.24, 2.45) is 0 Å². The van der Waals surface area contributed by atoms with E-state index in [0.29, 0.717) is 0 Å². The average molecular weight is 331 g/mol. The fourth-order valence-electron chi connectivity index (χ4n) is 0. The number of rotatable bonds is 0. The predicted octanol–water partition coefficient (Wildman–Crippen LogP) is -1.73. The number of hydrogen-bond acceptors (Lipinski definition) is 3. The molecule has 4 N–H and O–H groups in total. The van der Waals surface area contributed by atoms with E-state index < -0.39 is 25.4 Å². The molecule has 0 saturated carbocycles. The summed E-state index contributed by atoms with van der Waals surface area (Å²) in [4.78, 5) is 21.6. The molecule has 0 aliphatic carbocycles. The van der Waals surface area contributed by atoms with E-state index in [-0.39, 0.29) is 0 Å². The minimum atomic E-state index is -4.64. The van der Waals surface area contributed by atoms with Crippen LogP contribution in [-0.4, -0.2) is 18.4 Å². The van der Waals surface area contributed by atoms with Crippen molar-refractivity contribution < 1.29 is 47.4 Å². The Morgan fingerprint density at radius 3 is 1.11 bits per heavy atom. The SMILES string of the molecule is O=P(O)(O)O.[O]=[W](=[O])[OH]. The Kier molecular flexibility index (Phi) is 6.93. The van der Waals surface area contributed by atoms with Gasteiger partial charge in [0.1, 0.15) is 0 Å². The van der Waals surface area contributed by atoms with Gasteiger partial charge in [0.2, 0.25) is 0 Å². The summed E-state index contributed by atoms with van der Waals surface area (Å²) in [5.74, 6) is 0. The third-order valence-electron chi connectivity index (χ3n) is 0. The molecule has 0 amide bonds. The van der Waals surface area contributed by atoms with Gasteiger partial charge < -0.3 is 14.7 Å². The maximum atomic E-state index is 8.88. The zero-order valence-electron chi connectivity index (χ0n) is 3.87. The second-order valence-electron chi connectivity index (χ2n) is 0.730. The van der Waals surface area contributed by atoms with Crippen LogP contribution in [0.15, 0.2) is 0 Å². The first kappa shape index (κ1) is 12.1. The molecule has 0 aromatic carbocycles. The third kappa shape index (κ3) is 2630. The van der Waals surface area contributed by atoms with Gasteiger partial charge in [-0.2, -0.15) is 0 Å². The van der Waals surface area contributed by atoms with Gasteiger partial charge in [0.15, 0.2) is 0 Å². The molecular weight excluding hydrogens is 327 g/mol. The van der Waals surface area contributed by atoms with Gasteiger partial charge in [0, 0.05) is 0 Å². The molecule has 9 heteroatoms. The first-order chi connectivity index (χ1) is 3.73. The van der Waals surface area contributed by atoms with E-state index in [9.17, 15) is 0 Å². The summed E-state index contributed by atoms with van der Waals surface area (Å²) in [6.07, 6.45) is 0. The van der Waals surface area contributed by atoms with Gasteiger partial charge in [-0.25, -0.2) is 4.57 Å². The normalized spacial score (nSPS) is 9.33. The van der Waals surface area contributed by atoms with E-state index in [0.717, 1.165) is 0 Å². The third-order valence-corrected chi connectivity index (χ3v) is 0. The standard InChI is InChI=1S/H3O4P.H2O.2O.W/c1-5(2,3)4;;;;/h(H3,1,2,3,4);1H2;;;/q;;;;+1/p-1. The molecule has 0 heterocycles. The van der Waals surface area contributed by atoms with Gasteiger partial charge in [-0.1, -0.05) is 0 Å². The first-order valence-corrected chi connectivity index (χ1v) is 6.57. The van der Waals surface area contributed by atoms with E-state index in [4.69, 9.17) is 29.8 Å². The molecule has 0 rings (SSSR count). The quantitative estimate of drug-likeness (QED) is 0.388. The number of hydrogen-bond donors (Lipinski definition) is 4. The Hall–Kier alpha value is 0.358. The second-order valence-corrected chi connectivity index (χ2v) is 3.32. The summed E-state index contributed by atoms with van der Waals surface area (Å²) in [5, 5.41) is 0. The van der Waals surface area contributed by atoms with Crippen molar-refractivity contribution in [2.75, 3.05) is 0 Å². The molecular formula is H4O7PW. The Labute approximate surface area is 55.8 Å². The molecule has 0 bridgehead atoms. The van der Waals surface area contributed by atoms with Gasteiger partial charge in [0.25, 0.3) is 0 Å². The molecule has 0 atom stereocenters. The van der Waals surface area contributed by atoms with Crippen LogP contribution in [0.3, 0.4) is 0 Å². The Morgan fingerprint density at radius 2 is 1.11 bits per heavy atom. The summed E-state index contributed by atoms with van der Waals surface area (Å²) in [7, 11) is -4.64. The van der Waals surface area contributed by atoms with Crippen molar-refractivity contribution in [2.45, 2.75) is 0 Å². The summed E-state index contributed by atoms with van der Waals surface area (Å²) >= 11 is -4.03. The zero-order chi connectivity index (χ0) is 8.08. The molecule has 7 nitrogen and oxygen atoms in total. The van der Waals surface area contributed by atoms with Gasteiger partial charge >= 0.3 is 36.0 Å². The minimum absolute atomic E-state index is 4.03. The predicted molar refractivity (Wildman–Crippen MR) is 17.9 cm³/mol. The van der Waals surface area contributed by atoms with Crippen LogP contribution in [-0.2, 0) is 29.0 Å². The molecule has 0 saturated heterocycles.